The van der Waals surface area contributed by atoms with Gasteiger partial charge in [-0.05, 0) is 47.5 Å². The molecule has 0 amide bonds. The zero-order valence-electron chi connectivity index (χ0n) is 9.96. The average Bonchev–Trinajstić information content (AvgIpc) is 2.24. The lowest BCUT2D eigenvalue weighted by Crippen LogP contribution is -2.41. The minimum Gasteiger partial charge on any atom is -0.367 e. The number of aryl methyl sites for hydroxylation is 1. The molecule has 1 aromatic rings. The van der Waals surface area contributed by atoms with Crippen LogP contribution in [0.5, 0.6) is 0 Å². The van der Waals surface area contributed by atoms with Gasteiger partial charge in [-0.3, -0.25) is 4.79 Å². The van der Waals surface area contributed by atoms with E-state index < -0.39 is 0 Å². The fourth-order valence-corrected chi connectivity index (χ4v) is 3.06. The zero-order chi connectivity index (χ0) is 12.6. The van der Waals surface area contributed by atoms with Crippen LogP contribution in [-0.4, -0.2) is 18.4 Å². The first-order valence-electron chi connectivity index (χ1n) is 5.73. The van der Waals surface area contributed by atoms with Crippen LogP contribution in [0.2, 0.25) is 5.02 Å². The third kappa shape index (κ3) is 2.66. The minimum absolute atomic E-state index is 0.242. The van der Waals surface area contributed by atoms with Gasteiger partial charge in [0.25, 0.3) is 0 Å². The van der Waals surface area contributed by atoms with Crippen LogP contribution in [0.25, 0.3) is 0 Å². The van der Waals surface area contributed by atoms with Crippen LogP contribution in [0.4, 0.5) is 5.69 Å². The van der Waals surface area contributed by atoms with Crippen LogP contribution in [0.15, 0.2) is 16.6 Å². The van der Waals surface area contributed by atoms with Crippen molar-refractivity contribution in [3.8, 4) is 0 Å². The lowest BCUT2D eigenvalue weighted by atomic mass is 10.0. The van der Waals surface area contributed by atoms with Gasteiger partial charge in [0.05, 0.1) is 5.69 Å². The highest BCUT2D eigenvalue weighted by Gasteiger charge is 2.25. The second-order valence-corrected chi connectivity index (χ2v) is 5.85. The normalized spacial score (nSPS) is 20.8. The van der Waals surface area contributed by atoms with Crippen LogP contribution in [0, 0.1) is 6.92 Å². The topological polar surface area (TPSA) is 20.3 Å². The molecule has 1 heterocycles. The van der Waals surface area contributed by atoms with Gasteiger partial charge in [0, 0.05) is 34.9 Å². The monoisotopic (exact) mass is 315 g/mol. The summed E-state index contributed by atoms with van der Waals surface area (Å²) in [5.41, 5.74) is 2.14. The molecular formula is C13H15BrClNO. The molecular weight excluding hydrogens is 302 g/mol. The maximum Gasteiger partial charge on any atom is 0.136 e. The largest absolute Gasteiger partial charge is 0.367 e. The summed E-state index contributed by atoms with van der Waals surface area (Å²) in [6.07, 6.45) is 1.25. The molecule has 0 aliphatic carbocycles. The number of hydrogen-bond donors (Lipinski definition) is 0. The van der Waals surface area contributed by atoms with Crippen molar-refractivity contribution in [2.24, 2.45) is 0 Å². The maximum atomic E-state index is 11.4. The van der Waals surface area contributed by atoms with Gasteiger partial charge in [-0.25, -0.2) is 0 Å². The lowest BCUT2D eigenvalue weighted by molar-refractivity contribution is -0.120. The summed E-state index contributed by atoms with van der Waals surface area (Å²) in [6, 6.07) is 4.25. The Labute approximate surface area is 115 Å². The molecule has 1 fully saturated rings. The SMILES string of the molecule is Cc1cc(Br)c(N2CCC(=O)CC2C)cc1Cl. The summed E-state index contributed by atoms with van der Waals surface area (Å²) in [5, 5.41) is 0.771. The Balaban J connectivity index is 2.34. The molecule has 0 radical (unpaired) electrons. The summed E-state index contributed by atoms with van der Waals surface area (Å²) in [7, 11) is 0. The molecule has 1 saturated heterocycles. The molecule has 1 atom stereocenters. The summed E-state index contributed by atoms with van der Waals surface area (Å²) in [4.78, 5) is 13.6. The van der Waals surface area contributed by atoms with E-state index in [4.69, 9.17) is 11.6 Å². The lowest BCUT2D eigenvalue weighted by Gasteiger charge is -2.35. The van der Waals surface area contributed by atoms with Crippen LogP contribution in [-0.2, 0) is 4.79 Å². The van der Waals surface area contributed by atoms with Gasteiger partial charge in [-0.15, -0.1) is 0 Å². The van der Waals surface area contributed by atoms with Gasteiger partial charge in [0.15, 0.2) is 0 Å². The Hall–Kier alpha value is -0.540. The second-order valence-electron chi connectivity index (χ2n) is 4.59. The summed E-state index contributed by atoms with van der Waals surface area (Å²) >= 11 is 9.74. The molecule has 2 nitrogen and oxygen atoms in total. The Morgan fingerprint density at radius 2 is 2.18 bits per heavy atom. The van der Waals surface area contributed by atoms with Gasteiger partial charge in [0.2, 0.25) is 0 Å². The maximum absolute atomic E-state index is 11.4. The van der Waals surface area contributed by atoms with Crippen LogP contribution in [0.1, 0.15) is 25.3 Å². The van der Waals surface area contributed by atoms with E-state index in [9.17, 15) is 4.79 Å². The van der Waals surface area contributed by atoms with Crippen molar-refractivity contribution in [2.75, 3.05) is 11.4 Å². The molecule has 0 aromatic heterocycles. The van der Waals surface area contributed by atoms with Crippen molar-refractivity contribution in [1.29, 1.82) is 0 Å². The van der Waals surface area contributed by atoms with E-state index in [1.165, 1.54) is 0 Å². The van der Waals surface area contributed by atoms with Crippen molar-refractivity contribution in [1.82, 2.24) is 0 Å². The summed E-state index contributed by atoms with van der Waals surface area (Å²) in [6.45, 7) is 4.84. The number of carbonyl (C=O) groups is 1. The molecule has 0 saturated carbocycles. The predicted molar refractivity (Wildman–Crippen MR) is 74.9 cm³/mol. The number of anilines is 1. The van der Waals surface area contributed by atoms with Crippen LogP contribution < -0.4 is 4.90 Å². The van der Waals surface area contributed by atoms with Gasteiger partial charge in [0.1, 0.15) is 5.78 Å². The molecule has 17 heavy (non-hydrogen) atoms. The molecule has 1 unspecified atom stereocenters. The highest BCUT2D eigenvalue weighted by atomic mass is 79.9. The Kier molecular flexibility index (Phi) is 3.79. The second kappa shape index (κ2) is 4.99. The fourth-order valence-electron chi connectivity index (χ4n) is 2.22. The van der Waals surface area contributed by atoms with E-state index >= 15 is 0 Å². The summed E-state index contributed by atoms with van der Waals surface area (Å²) < 4.78 is 1.04. The zero-order valence-corrected chi connectivity index (χ0v) is 12.3. The number of halogens is 2. The quantitative estimate of drug-likeness (QED) is 0.781. The first-order valence-corrected chi connectivity index (χ1v) is 6.90. The molecule has 0 N–H and O–H groups in total. The van der Waals surface area contributed by atoms with Crippen molar-refractivity contribution in [3.63, 3.8) is 0 Å². The third-order valence-electron chi connectivity index (χ3n) is 3.22. The van der Waals surface area contributed by atoms with E-state index in [-0.39, 0.29) is 6.04 Å². The minimum atomic E-state index is 0.242. The number of piperidine rings is 1. The first kappa shape index (κ1) is 12.9. The number of rotatable bonds is 1. The molecule has 1 aliphatic heterocycles. The molecule has 2 rings (SSSR count). The van der Waals surface area contributed by atoms with Gasteiger partial charge >= 0.3 is 0 Å². The van der Waals surface area contributed by atoms with Gasteiger partial charge < -0.3 is 4.90 Å². The molecule has 0 bridgehead atoms. The van der Waals surface area contributed by atoms with Gasteiger partial charge in [-0.2, -0.15) is 0 Å². The Bertz CT molecular complexity index is 461. The van der Waals surface area contributed by atoms with E-state index in [2.05, 4.69) is 27.8 Å². The van der Waals surface area contributed by atoms with Crippen molar-refractivity contribution < 1.29 is 4.79 Å². The number of nitrogens with zero attached hydrogens (tertiary/aromatic N) is 1. The van der Waals surface area contributed by atoms with Crippen LogP contribution in [0.3, 0.4) is 0 Å². The van der Waals surface area contributed by atoms with Gasteiger partial charge in [-0.1, -0.05) is 11.6 Å². The number of Topliss-reactive ketones (excluding diaryl/α,β-unsaturated/α-hetero) is 1. The summed E-state index contributed by atoms with van der Waals surface area (Å²) in [5.74, 6) is 0.350. The van der Waals surface area contributed by atoms with E-state index in [1.807, 2.05) is 19.1 Å². The Morgan fingerprint density at radius 1 is 1.47 bits per heavy atom. The molecule has 4 heteroatoms. The van der Waals surface area contributed by atoms with E-state index in [1.54, 1.807) is 0 Å². The number of benzene rings is 1. The molecule has 0 spiro atoms. The predicted octanol–water partition coefficient (Wildman–Crippen LogP) is 3.97. The first-order chi connectivity index (χ1) is 7.99. The van der Waals surface area contributed by atoms with E-state index in [0.717, 1.165) is 27.3 Å². The van der Waals surface area contributed by atoms with E-state index in [0.29, 0.717) is 18.6 Å². The smallest absolute Gasteiger partial charge is 0.136 e. The number of ketones is 1. The van der Waals surface area contributed by atoms with Crippen molar-refractivity contribution in [3.05, 3.63) is 27.2 Å². The standard InChI is InChI=1S/C13H15BrClNO/c1-8-5-11(14)13(7-12(8)15)16-4-3-10(17)6-9(16)2/h5,7,9H,3-4,6H2,1-2H3. The average molecular weight is 317 g/mol. The Morgan fingerprint density at radius 3 is 2.82 bits per heavy atom. The molecule has 1 aliphatic rings. The fraction of sp³-hybridized carbons (Fsp3) is 0.462. The van der Waals surface area contributed by atoms with Crippen molar-refractivity contribution >= 4 is 39.0 Å². The van der Waals surface area contributed by atoms with Crippen LogP contribution >= 0.6 is 27.5 Å². The number of carbonyl (C=O) groups excluding carboxylic acids is 1. The third-order valence-corrected chi connectivity index (χ3v) is 4.27. The molecule has 92 valence electrons. The number of hydrogen-bond acceptors (Lipinski definition) is 2. The highest BCUT2D eigenvalue weighted by Crippen LogP contribution is 2.34. The highest BCUT2D eigenvalue weighted by molar-refractivity contribution is 9.10. The van der Waals surface area contributed by atoms with Crippen molar-refractivity contribution in [2.45, 2.75) is 32.7 Å². The molecule has 1 aromatic carbocycles.